The Morgan fingerprint density at radius 2 is 1.02 bits per heavy atom. The maximum atomic E-state index is 12.3. The lowest BCUT2D eigenvalue weighted by Gasteiger charge is -2.18. The molecule has 0 unspecified atom stereocenters. The maximum absolute atomic E-state index is 12.3. The lowest BCUT2D eigenvalue weighted by atomic mass is 10.0. The monoisotopic (exact) mass is 632 g/mol. The zero-order valence-corrected chi connectivity index (χ0v) is 28.3. The summed E-state index contributed by atoms with van der Waals surface area (Å²) in [4.78, 5) is 42.5. The Labute approximate surface area is 263 Å². The van der Waals surface area contributed by atoms with Crippen LogP contribution in [0, 0.1) is 0 Å². The Kier molecular flexibility index (Phi) is 29.9. The molecule has 0 amide bonds. The van der Waals surface area contributed by atoms with Crippen molar-refractivity contribution in [3.63, 3.8) is 0 Å². The van der Waals surface area contributed by atoms with Gasteiger partial charge in [-0.1, -0.05) is 141 Å². The van der Waals surface area contributed by atoms with Crippen LogP contribution in [0.1, 0.15) is 174 Å². The molecule has 254 valence electrons. The fraction of sp³-hybridized carbons (Fsp3) is 0.882. The molecule has 0 bridgehead atoms. The topological polar surface area (TPSA) is 119 Å². The Hall–Kier alpha value is -1.21. The number of hydrogen-bond acceptors (Lipinski definition) is 6. The summed E-state index contributed by atoms with van der Waals surface area (Å²) < 4.78 is 26.2. The maximum Gasteiger partial charge on any atom is 0.469 e. The molecular weight excluding hydrogens is 567 g/mol. The number of phosphoric acid groups is 1. The lowest BCUT2D eigenvalue weighted by molar-refractivity contribution is -0.161. The second-order valence-electron chi connectivity index (χ2n) is 11.9. The molecule has 0 spiro atoms. The SMILES string of the molecule is C=CCCCCCCCCCCCCCCCC(=O)OC[C@H](COP(=O)(O)O)OC(=O)CCCCCCCCCCCC. The van der Waals surface area contributed by atoms with Crippen LogP contribution in [0.25, 0.3) is 0 Å². The first-order chi connectivity index (χ1) is 20.8. The molecule has 0 aromatic rings. The zero-order valence-electron chi connectivity index (χ0n) is 27.5. The summed E-state index contributed by atoms with van der Waals surface area (Å²) in [6.07, 6.45) is 29.7. The highest BCUT2D eigenvalue weighted by molar-refractivity contribution is 7.46. The van der Waals surface area contributed by atoms with E-state index in [9.17, 15) is 14.2 Å². The quantitative estimate of drug-likeness (QED) is 0.0317. The molecule has 8 nitrogen and oxygen atoms in total. The van der Waals surface area contributed by atoms with Gasteiger partial charge in [-0.25, -0.2) is 4.57 Å². The van der Waals surface area contributed by atoms with Crippen molar-refractivity contribution < 1.29 is 37.9 Å². The number of phosphoric ester groups is 1. The van der Waals surface area contributed by atoms with E-state index < -0.39 is 32.5 Å². The van der Waals surface area contributed by atoms with Crippen molar-refractivity contribution in [3.05, 3.63) is 12.7 Å². The number of esters is 2. The third-order valence-electron chi connectivity index (χ3n) is 7.68. The van der Waals surface area contributed by atoms with E-state index in [4.69, 9.17) is 19.3 Å². The Bertz CT molecular complexity index is 709. The van der Waals surface area contributed by atoms with E-state index in [0.717, 1.165) is 44.9 Å². The smallest absolute Gasteiger partial charge is 0.462 e. The zero-order chi connectivity index (χ0) is 31.9. The van der Waals surface area contributed by atoms with Crippen molar-refractivity contribution in [2.24, 2.45) is 0 Å². The molecule has 9 heteroatoms. The normalized spacial score (nSPS) is 12.3. The van der Waals surface area contributed by atoms with Gasteiger partial charge >= 0.3 is 19.8 Å². The molecule has 0 aliphatic rings. The van der Waals surface area contributed by atoms with Crippen molar-refractivity contribution in [2.45, 2.75) is 180 Å². The van der Waals surface area contributed by atoms with Gasteiger partial charge in [-0.3, -0.25) is 14.1 Å². The Morgan fingerprint density at radius 1 is 0.628 bits per heavy atom. The summed E-state index contributed by atoms with van der Waals surface area (Å²) in [5.74, 6) is -0.884. The van der Waals surface area contributed by atoms with Gasteiger partial charge in [-0.05, 0) is 25.7 Å². The summed E-state index contributed by atoms with van der Waals surface area (Å²) in [6.45, 7) is 5.16. The standard InChI is InChI=1S/C34H65O8P/c1-3-5-7-9-11-13-15-16-17-18-19-21-22-24-26-28-33(35)40-30-32(31-41-43(37,38)39)42-34(36)29-27-25-23-20-14-12-10-8-6-4-2/h3,32H,1,4-31H2,2H3,(H2,37,38,39)/t32-/m1/s1. The number of hydrogen-bond donors (Lipinski definition) is 2. The highest BCUT2D eigenvalue weighted by Gasteiger charge is 2.22. The average molecular weight is 633 g/mol. The van der Waals surface area contributed by atoms with Crippen LogP contribution in [0.5, 0.6) is 0 Å². The first-order valence-electron chi connectivity index (χ1n) is 17.4. The largest absolute Gasteiger partial charge is 0.469 e. The van der Waals surface area contributed by atoms with E-state index in [1.54, 1.807) is 0 Å². The van der Waals surface area contributed by atoms with Crippen LogP contribution in [-0.2, 0) is 28.2 Å². The molecule has 2 N–H and O–H groups in total. The molecule has 0 aromatic carbocycles. The van der Waals surface area contributed by atoms with Crippen LogP contribution in [0.3, 0.4) is 0 Å². The average Bonchev–Trinajstić information content (AvgIpc) is 2.97. The second kappa shape index (κ2) is 30.8. The Morgan fingerprint density at radius 3 is 1.44 bits per heavy atom. The summed E-state index contributed by atoms with van der Waals surface area (Å²) >= 11 is 0. The van der Waals surface area contributed by atoms with Gasteiger partial charge < -0.3 is 19.3 Å². The third-order valence-corrected chi connectivity index (χ3v) is 8.17. The number of rotatable bonds is 33. The van der Waals surface area contributed by atoms with Gasteiger partial charge in [-0.15, -0.1) is 6.58 Å². The minimum atomic E-state index is -4.74. The lowest BCUT2D eigenvalue weighted by Crippen LogP contribution is -2.29. The van der Waals surface area contributed by atoms with E-state index in [0.29, 0.717) is 6.42 Å². The third kappa shape index (κ3) is 33.5. The molecule has 43 heavy (non-hydrogen) atoms. The van der Waals surface area contributed by atoms with Crippen molar-refractivity contribution in [3.8, 4) is 0 Å². The second-order valence-corrected chi connectivity index (χ2v) is 13.2. The van der Waals surface area contributed by atoms with Gasteiger partial charge in [0, 0.05) is 12.8 Å². The minimum absolute atomic E-state index is 0.216. The molecule has 0 saturated carbocycles. The van der Waals surface area contributed by atoms with E-state index in [-0.39, 0.29) is 19.4 Å². The number of allylic oxidation sites excluding steroid dienone is 1. The fourth-order valence-electron chi connectivity index (χ4n) is 5.06. The molecule has 0 aromatic heterocycles. The predicted molar refractivity (Wildman–Crippen MR) is 175 cm³/mol. The first-order valence-corrected chi connectivity index (χ1v) is 19.0. The van der Waals surface area contributed by atoms with E-state index >= 15 is 0 Å². The van der Waals surface area contributed by atoms with E-state index in [1.165, 1.54) is 103 Å². The van der Waals surface area contributed by atoms with Crippen LogP contribution in [0.2, 0.25) is 0 Å². The van der Waals surface area contributed by atoms with Crippen LogP contribution < -0.4 is 0 Å². The molecule has 0 radical (unpaired) electrons. The van der Waals surface area contributed by atoms with Gasteiger partial charge in [0.15, 0.2) is 6.10 Å². The molecule has 0 saturated heterocycles. The van der Waals surface area contributed by atoms with Gasteiger partial charge in [-0.2, -0.15) is 0 Å². The number of carbonyl (C=O) groups is 2. The summed E-state index contributed by atoms with van der Waals surface area (Å²) in [5.41, 5.74) is 0. The number of unbranched alkanes of at least 4 members (excludes halogenated alkanes) is 22. The minimum Gasteiger partial charge on any atom is -0.462 e. The van der Waals surface area contributed by atoms with Gasteiger partial charge in [0.25, 0.3) is 0 Å². The Balaban J connectivity index is 3.93. The first kappa shape index (κ1) is 41.8. The highest BCUT2D eigenvalue weighted by Crippen LogP contribution is 2.36. The summed E-state index contributed by atoms with van der Waals surface area (Å²) in [7, 11) is -4.74. The molecular formula is C34H65O8P. The van der Waals surface area contributed by atoms with Crippen LogP contribution in [-0.4, -0.2) is 41.0 Å². The van der Waals surface area contributed by atoms with Crippen LogP contribution >= 0.6 is 7.82 Å². The fourth-order valence-corrected chi connectivity index (χ4v) is 5.42. The van der Waals surface area contributed by atoms with Crippen LogP contribution in [0.15, 0.2) is 12.7 Å². The molecule has 0 aliphatic heterocycles. The predicted octanol–water partition coefficient (Wildman–Crippen LogP) is 9.90. The number of carbonyl (C=O) groups excluding carboxylic acids is 2. The van der Waals surface area contributed by atoms with Crippen molar-refractivity contribution in [1.29, 1.82) is 0 Å². The summed E-state index contributed by atoms with van der Waals surface area (Å²) in [5, 5.41) is 0. The van der Waals surface area contributed by atoms with Gasteiger partial charge in [0.1, 0.15) is 6.61 Å². The molecule has 0 fully saturated rings. The summed E-state index contributed by atoms with van der Waals surface area (Å²) in [6, 6.07) is 0. The molecule has 0 rings (SSSR count). The molecule has 1 atom stereocenters. The van der Waals surface area contributed by atoms with E-state index in [1.807, 2.05) is 6.08 Å². The van der Waals surface area contributed by atoms with Crippen molar-refractivity contribution in [1.82, 2.24) is 0 Å². The van der Waals surface area contributed by atoms with E-state index in [2.05, 4.69) is 18.0 Å². The van der Waals surface area contributed by atoms with Gasteiger partial charge in [0.2, 0.25) is 0 Å². The van der Waals surface area contributed by atoms with Gasteiger partial charge in [0.05, 0.1) is 6.61 Å². The van der Waals surface area contributed by atoms with Crippen molar-refractivity contribution >= 4 is 19.8 Å². The van der Waals surface area contributed by atoms with Crippen molar-refractivity contribution in [2.75, 3.05) is 13.2 Å². The molecule has 0 heterocycles. The molecule has 0 aliphatic carbocycles. The van der Waals surface area contributed by atoms with Crippen LogP contribution in [0.4, 0.5) is 0 Å². The highest BCUT2D eigenvalue weighted by atomic mass is 31.2. The number of ether oxygens (including phenoxy) is 2.